The first-order valence-electron chi connectivity index (χ1n) is 9.39. The normalized spacial score (nSPS) is 11.5. The highest BCUT2D eigenvalue weighted by atomic mass is 32.2. The van der Waals surface area contributed by atoms with Crippen molar-refractivity contribution in [3.05, 3.63) is 83.9 Å². The molecule has 2 aromatic heterocycles. The SMILES string of the molecule is CS(=O)(=O)c1ccc(CNC(=O)c2oc3ccccc3c2CSc2ncccn2)cc1. The summed E-state index contributed by atoms with van der Waals surface area (Å²) in [7, 11) is -3.26. The number of hydrogen-bond acceptors (Lipinski definition) is 7. The van der Waals surface area contributed by atoms with E-state index in [1.165, 1.54) is 23.9 Å². The number of hydrogen-bond donors (Lipinski definition) is 1. The molecule has 2 aromatic carbocycles. The molecule has 158 valence electrons. The second-order valence-corrected chi connectivity index (χ2v) is 9.78. The van der Waals surface area contributed by atoms with Gasteiger partial charge in [0.2, 0.25) is 0 Å². The van der Waals surface area contributed by atoms with Gasteiger partial charge in [-0.05, 0) is 29.8 Å². The number of furan rings is 1. The number of carbonyl (C=O) groups excluding carboxylic acids is 1. The van der Waals surface area contributed by atoms with Crippen LogP contribution in [0.1, 0.15) is 21.7 Å². The van der Waals surface area contributed by atoms with Gasteiger partial charge in [-0.3, -0.25) is 4.79 Å². The van der Waals surface area contributed by atoms with E-state index >= 15 is 0 Å². The van der Waals surface area contributed by atoms with Crippen molar-refractivity contribution >= 4 is 38.5 Å². The van der Waals surface area contributed by atoms with Crippen molar-refractivity contribution in [2.24, 2.45) is 0 Å². The Morgan fingerprint density at radius 3 is 2.45 bits per heavy atom. The van der Waals surface area contributed by atoms with E-state index in [0.29, 0.717) is 16.5 Å². The summed E-state index contributed by atoms with van der Waals surface area (Å²) in [5, 5.41) is 4.34. The van der Waals surface area contributed by atoms with E-state index in [1.807, 2.05) is 24.3 Å². The van der Waals surface area contributed by atoms with Crippen LogP contribution in [0.15, 0.2) is 81.5 Å². The lowest BCUT2D eigenvalue weighted by Gasteiger charge is -2.06. The van der Waals surface area contributed by atoms with Gasteiger partial charge in [0.05, 0.1) is 4.90 Å². The summed E-state index contributed by atoms with van der Waals surface area (Å²) in [5.41, 5.74) is 2.19. The van der Waals surface area contributed by atoms with Crippen LogP contribution in [0, 0.1) is 0 Å². The van der Waals surface area contributed by atoms with Gasteiger partial charge in [0.25, 0.3) is 5.91 Å². The van der Waals surface area contributed by atoms with Crippen molar-refractivity contribution in [2.75, 3.05) is 6.26 Å². The summed E-state index contributed by atoms with van der Waals surface area (Å²) in [6.07, 6.45) is 4.50. The number of rotatable bonds is 7. The van der Waals surface area contributed by atoms with Gasteiger partial charge in [-0.2, -0.15) is 0 Å². The van der Waals surface area contributed by atoms with Crippen LogP contribution in [-0.2, 0) is 22.1 Å². The van der Waals surface area contributed by atoms with Crippen molar-refractivity contribution < 1.29 is 17.6 Å². The Bertz CT molecular complexity index is 1320. The zero-order chi connectivity index (χ0) is 21.8. The van der Waals surface area contributed by atoms with E-state index in [9.17, 15) is 13.2 Å². The van der Waals surface area contributed by atoms with Crippen LogP contribution in [-0.4, -0.2) is 30.5 Å². The largest absolute Gasteiger partial charge is 0.451 e. The highest BCUT2D eigenvalue weighted by Crippen LogP contribution is 2.31. The summed E-state index contributed by atoms with van der Waals surface area (Å²) in [4.78, 5) is 21.6. The molecule has 0 fully saturated rings. The molecule has 0 radical (unpaired) electrons. The Hall–Kier alpha value is -3.17. The van der Waals surface area contributed by atoms with Gasteiger partial charge in [-0.25, -0.2) is 18.4 Å². The molecule has 0 aliphatic rings. The number of sulfone groups is 1. The van der Waals surface area contributed by atoms with Gasteiger partial charge in [0.1, 0.15) is 5.58 Å². The third-order valence-electron chi connectivity index (χ3n) is 4.60. The molecular formula is C22H19N3O4S2. The average Bonchev–Trinajstić information content (AvgIpc) is 3.15. The summed E-state index contributed by atoms with van der Waals surface area (Å²) in [5.74, 6) is 0.387. The standard InChI is InChI=1S/C22H19N3O4S2/c1-31(27,28)16-9-7-15(8-10-16)13-25-21(26)20-18(14-30-22-23-11-4-12-24-22)17-5-2-3-6-19(17)29-20/h2-12H,13-14H2,1H3,(H,25,26). The predicted molar refractivity (Wildman–Crippen MR) is 119 cm³/mol. The molecule has 1 amide bonds. The first kappa shape index (κ1) is 21.1. The third kappa shape index (κ3) is 4.95. The van der Waals surface area contributed by atoms with Crippen LogP contribution < -0.4 is 5.32 Å². The fourth-order valence-electron chi connectivity index (χ4n) is 3.04. The number of carbonyl (C=O) groups is 1. The van der Waals surface area contributed by atoms with Gasteiger partial charge in [-0.1, -0.05) is 42.1 Å². The summed E-state index contributed by atoms with van der Waals surface area (Å²) in [6, 6.07) is 15.7. The maximum Gasteiger partial charge on any atom is 0.287 e. The second-order valence-electron chi connectivity index (χ2n) is 6.82. The minimum Gasteiger partial charge on any atom is -0.451 e. The lowest BCUT2D eigenvalue weighted by molar-refractivity contribution is 0.0924. The van der Waals surface area contributed by atoms with Gasteiger partial charge < -0.3 is 9.73 Å². The van der Waals surface area contributed by atoms with Crippen LogP contribution in [0.25, 0.3) is 11.0 Å². The van der Waals surface area contributed by atoms with E-state index in [2.05, 4.69) is 15.3 Å². The molecule has 0 bridgehead atoms. The molecule has 4 aromatic rings. The molecule has 1 N–H and O–H groups in total. The lowest BCUT2D eigenvalue weighted by atomic mass is 10.1. The van der Waals surface area contributed by atoms with Gasteiger partial charge >= 0.3 is 0 Å². The molecule has 0 spiro atoms. The minimum absolute atomic E-state index is 0.238. The van der Waals surface area contributed by atoms with E-state index in [1.54, 1.807) is 30.6 Å². The molecular weight excluding hydrogens is 434 g/mol. The Kier molecular flexibility index (Phi) is 6.06. The number of amides is 1. The van der Waals surface area contributed by atoms with Crippen LogP contribution >= 0.6 is 11.8 Å². The summed E-state index contributed by atoms with van der Waals surface area (Å²) >= 11 is 1.42. The summed E-state index contributed by atoms with van der Waals surface area (Å²) < 4.78 is 29.0. The monoisotopic (exact) mass is 453 g/mol. The average molecular weight is 454 g/mol. The Balaban J connectivity index is 1.53. The number of fused-ring (bicyclic) bond motifs is 1. The molecule has 0 atom stereocenters. The zero-order valence-electron chi connectivity index (χ0n) is 16.6. The highest BCUT2D eigenvalue weighted by molar-refractivity contribution is 7.98. The number of nitrogens with one attached hydrogen (secondary N) is 1. The van der Waals surface area contributed by atoms with Crippen LogP contribution in [0.2, 0.25) is 0 Å². The van der Waals surface area contributed by atoms with Crippen molar-refractivity contribution in [1.82, 2.24) is 15.3 Å². The number of thioether (sulfide) groups is 1. The third-order valence-corrected chi connectivity index (χ3v) is 6.63. The van der Waals surface area contributed by atoms with Gasteiger partial charge in [-0.15, -0.1) is 0 Å². The van der Waals surface area contributed by atoms with Crippen molar-refractivity contribution in [3.8, 4) is 0 Å². The van der Waals surface area contributed by atoms with Crippen molar-refractivity contribution in [2.45, 2.75) is 22.3 Å². The molecule has 0 aliphatic carbocycles. The number of nitrogens with zero attached hydrogens (tertiary/aromatic N) is 2. The summed E-state index contributed by atoms with van der Waals surface area (Å²) in [6.45, 7) is 0.244. The molecule has 0 saturated carbocycles. The predicted octanol–water partition coefficient (Wildman–Crippen LogP) is 3.85. The quantitative estimate of drug-likeness (QED) is 0.335. The minimum atomic E-state index is -3.26. The number of aromatic nitrogens is 2. The van der Waals surface area contributed by atoms with Crippen molar-refractivity contribution in [3.63, 3.8) is 0 Å². The van der Waals surface area contributed by atoms with Crippen LogP contribution in [0.4, 0.5) is 0 Å². The smallest absolute Gasteiger partial charge is 0.287 e. The van der Waals surface area contributed by atoms with Crippen molar-refractivity contribution in [1.29, 1.82) is 0 Å². The fraction of sp³-hybridized carbons (Fsp3) is 0.136. The maximum absolute atomic E-state index is 12.9. The van der Waals surface area contributed by atoms with Crippen LogP contribution in [0.5, 0.6) is 0 Å². The Labute approximate surface area is 183 Å². The molecule has 2 heterocycles. The molecule has 31 heavy (non-hydrogen) atoms. The molecule has 0 saturated heterocycles. The molecule has 9 heteroatoms. The fourth-order valence-corrected chi connectivity index (χ4v) is 4.50. The topological polar surface area (TPSA) is 102 Å². The van der Waals surface area contributed by atoms with E-state index in [4.69, 9.17) is 4.42 Å². The molecule has 4 rings (SSSR count). The van der Waals surface area contributed by atoms with Gasteiger partial charge in [0.15, 0.2) is 20.8 Å². The maximum atomic E-state index is 12.9. The van der Waals surface area contributed by atoms with Crippen LogP contribution in [0.3, 0.4) is 0 Å². The van der Waals surface area contributed by atoms with Gasteiger partial charge in [0, 0.05) is 41.9 Å². The molecule has 7 nitrogen and oxygen atoms in total. The van der Waals surface area contributed by atoms with E-state index in [0.717, 1.165) is 22.8 Å². The first-order chi connectivity index (χ1) is 14.9. The molecule has 0 aliphatic heterocycles. The lowest BCUT2D eigenvalue weighted by Crippen LogP contribution is -2.23. The second kappa shape index (κ2) is 8.91. The Morgan fingerprint density at radius 1 is 1.03 bits per heavy atom. The Morgan fingerprint density at radius 2 is 1.74 bits per heavy atom. The highest BCUT2D eigenvalue weighted by Gasteiger charge is 2.21. The first-order valence-corrected chi connectivity index (χ1v) is 12.3. The molecule has 0 unspecified atom stereocenters. The number of benzene rings is 2. The number of para-hydroxylation sites is 1. The van der Waals surface area contributed by atoms with E-state index < -0.39 is 9.84 Å². The zero-order valence-corrected chi connectivity index (χ0v) is 18.2. The van der Waals surface area contributed by atoms with E-state index in [-0.39, 0.29) is 23.1 Å².